The fourth-order valence-electron chi connectivity index (χ4n) is 4.28. The Morgan fingerprint density at radius 3 is 2.36 bits per heavy atom. The smallest absolute Gasteiger partial charge is 0.295 e. The number of aromatic nitrogens is 1. The molecule has 2 aromatic carbocycles. The quantitative estimate of drug-likeness (QED) is 0.222. The molecule has 0 radical (unpaired) electrons. The molecule has 0 spiro atoms. The molecule has 6 heteroatoms. The maximum Gasteiger partial charge on any atom is 0.295 e. The van der Waals surface area contributed by atoms with Gasteiger partial charge in [0.1, 0.15) is 12.4 Å². The Labute approximate surface area is 211 Å². The standard InChI is InChI=1S/C30H30N2O4/c1-5-17-36-24-14-10-22(11-15-24)27(33)25-26(21-8-12-23(13-9-21)30(2,3)4)32(29(35)28(25)34)19-20-7-6-16-31-18-20/h5-16,18,26,33H,1,17,19H2,2-4H3/b27-25+. The van der Waals surface area contributed by atoms with Crippen molar-refractivity contribution < 1.29 is 24.4 Å². The van der Waals surface area contributed by atoms with Gasteiger partial charge in [-0.3, -0.25) is 9.59 Å². The van der Waals surface area contributed by atoms with Gasteiger partial charge in [-0.05, 0) is 40.3 Å². The zero-order valence-corrected chi connectivity index (χ0v) is 20.8. The predicted molar refractivity (Wildman–Crippen MR) is 135 cm³/mol. The van der Waals surface area contributed by atoms with Crippen LogP contribution in [0, 0.1) is 0 Å². The number of pyridine rings is 1. The lowest BCUT2D eigenvalue weighted by atomic mass is 9.85. The second-order valence-electron chi connectivity index (χ2n) is 9.82. The monoisotopic (exact) mass is 482 g/mol. The minimum absolute atomic E-state index is 0.0387. The molecule has 1 unspecified atom stereocenters. The van der Waals surface area contributed by atoms with E-state index in [1.54, 1.807) is 42.7 Å². The first kappa shape index (κ1) is 24.9. The van der Waals surface area contributed by atoms with Crippen molar-refractivity contribution >= 4 is 17.4 Å². The highest BCUT2D eigenvalue weighted by atomic mass is 16.5. The second-order valence-corrected chi connectivity index (χ2v) is 9.82. The number of benzene rings is 2. The van der Waals surface area contributed by atoms with E-state index >= 15 is 0 Å². The lowest BCUT2D eigenvalue weighted by molar-refractivity contribution is -0.378. The molecule has 184 valence electrons. The molecule has 1 atom stereocenters. The van der Waals surface area contributed by atoms with Crippen LogP contribution in [0.5, 0.6) is 5.75 Å². The van der Waals surface area contributed by atoms with Gasteiger partial charge in [-0.25, -0.2) is 4.98 Å². The van der Waals surface area contributed by atoms with Crippen LogP contribution in [0.1, 0.15) is 49.1 Å². The van der Waals surface area contributed by atoms with E-state index < -0.39 is 23.5 Å². The first-order valence-electron chi connectivity index (χ1n) is 11.9. The molecule has 1 aromatic heterocycles. The zero-order valence-electron chi connectivity index (χ0n) is 20.8. The van der Waals surface area contributed by atoms with Crippen molar-refractivity contribution in [3.8, 4) is 5.75 Å². The molecule has 0 aliphatic carbocycles. The number of hydrogen-bond acceptors (Lipinski definition) is 4. The van der Waals surface area contributed by atoms with E-state index in [0.717, 1.165) is 16.7 Å². The molecule has 1 saturated heterocycles. The Balaban J connectivity index is 1.80. The second kappa shape index (κ2) is 10.2. The van der Waals surface area contributed by atoms with Gasteiger partial charge in [0.25, 0.3) is 5.91 Å². The summed E-state index contributed by atoms with van der Waals surface area (Å²) in [7, 11) is 0. The van der Waals surface area contributed by atoms with E-state index in [1.807, 2.05) is 36.4 Å². The maximum absolute atomic E-state index is 13.6. The lowest BCUT2D eigenvalue weighted by Crippen LogP contribution is -2.29. The summed E-state index contributed by atoms with van der Waals surface area (Å²) in [5, 5.41) is 13.6. The summed E-state index contributed by atoms with van der Waals surface area (Å²) in [6.45, 7) is 10.5. The van der Waals surface area contributed by atoms with Crippen molar-refractivity contribution in [1.29, 1.82) is 0 Å². The number of ketones is 1. The number of ether oxygens (including phenoxy) is 1. The van der Waals surface area contributed by atoms with Crippen LogP contribution in [-0.2, 0) is 21.5 Å². The molecule has 1 amide bonds. The number of likely N-dealkylation sites (tertiary alicyclic amines) is 1. The largest absolute Gasteiger partial charge is 0.872 e. The van der Waals surface area contributed by atoms with Crippen molar-refractivity contribution in [3.63, 3.8) is 0 Å². The number of amides is 1. The highest BCUT2D eigenvalue weighted by Crippen LogP contribution is 2.40. The summed E-state index contributed by atoms with van der Waals surface area (Å²) in [4.78, 5) is 30.9. The molecule has 2 heterocycles. The van der Waals surface area contributed by atoms with Gasteiger partial charge in [0.05, 0.1) is 12.6 Å². The van der Waals surface area contributed by atoms with E-state index in [0.29, 0.717) is 17.9 Å². The number of H-pyrrole nitrogens is 1. The van der Waals surface area contributed by atoms with Crippen LogP contribution in [0.15, 0.2) is 91.3 Å². The average Bonchev–Trinajstić information content (AvgIpc) is 3.12. The average molecular weight is 483 g/mol. The van der Waals surface area contributed by atoms with E-state index in [9.17, 15) is 14.7 Å². The number of carbonyl (C=O) groups excluding carboxylic acids is 2. The van der Waals surface area contributed by atoms with Crippen LogP contribution in [0.2, 0.25) is 0 Å². The van der Waals surface area contributed by atoms with E-state index in [2.05, 4.69) is 32.3 Å². The number of carbonyl (C=O) groups is 2. The lowest BCUT2D eigenvalue weighted by Gasteiger charge is -2.28. The molecule has 3 aromatic rings. The van der Waals surface area contributed by atoms with E-state index in [-0.39, 0.29) is 17.5 Å². The zero-order chi connectivity index (χ0) is 25.9. The summed E-state index contributed by atoms with van der Waals surface area (Å²) >= 11 is 0. The number of hydrogen-bond donors (Lipinski definition) is 0. The first-order valence-corrected chi connectivity index (χ1v) is 11.9. The first-order chi connectivity index (χ1) is 17.2. The third kappa shape index (κ3) is 5.08. The fourth-order valence-corrected chi connectivity index (χ4v) is 4.28. The highest BCUT2D eigenvalue weighted by Gasteiger charge is 2.44. The Morgan fingerprint density at radius 1 is 1.08 bits per heavy atom. The normalized spacial score (nSPS) is 17.3. The third-order valence-electron chi connectivity index (χ3n) is 6.23. The topological polar surface area (TPSA) is 83.8 Å². The van der Waals surface area contributed by atoms with Crippen molar-refractivity contribution in [2.75, 3.05) is 6.61 Å². The Hall–Kier alpha value is -4.19. The van der Waals surface area contributed by atoms with Crippen molar-refractivity contribution in [2.24, 2.45) is 0 Å². The number of rotatable bonds is 7. The molecule has 4 rings (SSSR count). The fraction of sp³-hybridized carbons (Fsp3) is 0.233. The summed E-state index contributed by atoms with van der Waals surface area (Å²) in [6.07, 6.45) is 5.18. The molecule has 1 N–H and O–H groups in total. The highest BCUT2D eigenvalue weighted by molar-refractivity contribution is 6.46. The number of aromatic amines is 1. The molecule has 1 aliphatic heterocycles. The van der Waals surface area contributed by atoms with Crippen LogP contribution < -0.4 is 14.8 Å². The molecule has 6 nitrogen and oxygen atoms in total. The van der Waals surface area contributed by atoms with Crippen LogP contribution in [0.4, 0.5) is 0 Å². The summed E-state index contributed by atoms with van der Waals surface area (Å²) in [5.74, 6) is -1.33. The van der Waals surface area contributed by atoms with E-state index in [4.69, 9.17) is 4.74 Å². The molecule has 1 fully saturated rings. The van der Waals surface area contributed by atoms with Crippen LogP contribution in [0.25, 0.3) is 5.76 Å². The van der Waals surface area contributed by atoms with Gasteiger partial charge in [-0.1, -0.05) is 75.6 Å². The SMILES string of the molecule is C=CCOc1ccc(/C([O-])=C2\C(=O)C(=O)N(Cc3ccc[nH+]c3)C2c2ccc(C(C)(C)C)cc2)cc1. The number of nitrogens with one attached hydrogen (secondary N) is 1. The van der Waals surface area contributed by atoms with Gasteiger partial charge >= 0.3 is 0 Å². The van der Waals surface area contributed by atoms with Gasteiger partial charge in [0, 0.05) is 17.2 Å². The maximum atomic E-state index is 13.6. The van der Waals surface area contributed by atoms with Crippen molar-refractivity contribution in [3.05, 3.63) is 114 Å². The van der Waals surface area contributed by atoms with Gasteiger partial charge in [0.15, 0.2) is 12.4 Å². The van der Waals surface area contributed by atoms with Crippen molar-refractivity contribution in [2.45, 2.75) is 38.8 Å². The number of Topliss-reactive ketones (excluding diaryl/α,β-unsaturated/α-hetero) is 1. The molecule has 0 bridgehead atoms. The van der Waals surface area contributed by atoms with Gasteiger partial charge in [-0.15, -0.1) is 0 Å². The molecular weight excluding hydrogens is 452 g/mol. The molecule has 0 saturated carbocycles. The molecular formula is C30H30N2O4. The van der Waals surface area contributed by atoms with Crippen molar-refractivity contribution in [1.82, 2.24) is 4.90 Å². The van der Waals surface area contributed by atoms with Crippen LogP contribution >= 0.6 is 0 Å². The number of nitrogens with zero attached hydrogens (tertiary/aromatic N) is 1. The Kier molecular flexibility index (Phi) is 7.06. The van der Waals surface area contributed by atoms with Gasteiger partial charge < -0.3 is 14.7 Å². The third-order valence-corrected chi connectivity index (χ3v) is 6.23. The van der Waals surface area contributed by atoms with Crippen LogP contribution in [0.3, 0.4) is 0 Å². The summed E-state index contributed by atoms with van der Waals surface area (Å²) in [6, 6.07) is 17.3. The Morgan fingerprint density at radius 2 is 1.78 bits per heavy atom. The minimum atomic E-state index is -0.789. The summed E-state index contributed by atoms with van der Waals surface area (Å²) < 4.78 is 5.50. The van der Waals surface area contributed by atoms with Crippen LogP contribution in [-0.4, -0.2) is 23.2 Å². The minimum Gasteiger partial charge on any atom is -0.872 e. The van der Waals surface area contributed by atoms with Gasteiger partial charge in [-0.2, -0.15) is 0 Å². The molecule has 36 heavy (non-hydrogen) atoms. The van der Waals surface area contributed by atoms with Gasteiger partial charge in [0.2, 0.25) is 5.78 Å². The van der Waals surface area contributed by atoms with E-state index in [1.165, 1.54) is 4.90 Å². The predicted octanol–water partition coefficient (Wildman–Crippen LogP) is 3.79. The summed E-state index contributed by atoms with van der Waals surface area (Å²) in [5.41, 5.74) is 2.89. The molecule has 1 aliphatic rings. The Bertz CT molecular complexity index is 1290.